The third-order valence-electron chi connectivity index (χ3n) is 3.86. The van der Waals surface area contributed by atoms with Gasteiger partial charge >= 0.3 is 0 Å². The Morgan fingerprint density at radius 2 is 2.19 bits per heavy atom. The minimum Gasteiger partial charge on any atom is -0.393 e. The number of benzene rings is 1. The summed E-state index contributed by atoms with van der Waals surface area (Å²) < 4.78 is 35.6. The zero-order valence-corrected chi connectivity index (χ0v) is 13.0. The molecule has 0 aromatic heterocycles. The van der Waals surface area contributed by atoms with Crippen LogP contribution in [-0.2, 0) is 21.4 Å². The molecule has 114 valence electrons. The second-order valence-electron chi connectivity index (χ2n) is 5.43. The van der Waals surface area contributed by atoms with E-state index in [1.165, 1.54) is 0 Å². The van der Waals surface area contributed by atoms with Crippen molar-refractivity contribution in [3.63, 3.8) is 0 Å². The van der Waals surface area contributed by atoms with Crippen molar-refractivity contribution >= 4 is 32.8 Å². The topological polar surface area (TPSA) is 91.1 Å². The van der Waals surface area contributed by atoms with Crippen molar-refractivity contribution in [3.05, 3.63) is 18.2 Å². The first-order valence-corrected chi connectivity index (χ1v) is 9.16. The number of hydrogen-bond acceptors (Lipinski definition) is 5. The van der Waals surface area contributed by atoms with Crippen LogP contribution in [-0.4, -0.2) is 26.2 Å². The van der Waals surface area contributed by atoms with Gasteiger partial charge in [0.1, 0.15) is 16.3 Å². The molecule has 3 rings (SSSR count). The van der Waals surface area contributed by atoms with Crippen LogP contribution in [0.5, 0.6) is 0 Å². The lowest BCUT2D eigenvalue weighted by molar-refractivity contribution is 0.102. The van der Waals surface area contributed by atoms with Crippen LogP contribution in [0.1, 0.15) is 25.7 Å². The van der Waals surface area contributed by atoms with Crippen LogP contribution in [0.2, 0.25) is 0 Å². The number of aliphatic hydroxyl groups excluding tert-OH is 1. The molecule has 2 atom stereocenters. The molecule has 6 nitrogen and oxygen atoms in total. The Kier molecular flexibility index (Phi) is 4.21. The Morgan fingerprint density at radius 3 is 3.00 bits per heavy atom. The highest BCUT2D eigenvalue weighted by molar-refractivity contribution is 7.89. The molecular formula is C13H17N3O3S2. The lowest BCUT2D eigenvalue weighted by Crippen LogP contribution is -2.33. The fourth-order valence-electron chi connectivity index (χ4n) is 2.75. The molecule has 0 saturated heterocycles. The predicted octanol–water partition coefficient (Wildman–Crippen LogP) is 2.24. The van der Waals surface area contributed by atoms with Crippen molar-refractivity contribution in [1.82, 2.24) is 4.72 Å². The van der Waals surface area contributed by atoms with Gasteiger partial charge in [-0.05, 0) is 37.3 Å². The lowest BCUT2D eigenvalue weighted by atomic mass is 9.87. The molecule has 2 N–H and O–H groups in total. The molecule has 1 fully saturated rings. The Labute approximate surface area is 127 Å². The van der Waals surface area contributed by atoms with Crippen molar-refractivity contribution < 1.29 is 13.5 Å². The van der Waals surface area contributed by atoms with E-state index >= 15 is 0 Å². The number of aliphatic hydroxyl groups is 1. The van der Waals surface area contributed by atoms with Crippen LogP contribution in [0, 0.1) is 5.92 Å². The number of rotatable bonds is 4. The summed E-state index contributed by atoms with van der Waals surface area (Å²) in [5.74, 6) is 0.191. The Balaban J connectivity index is 1.73. The van der Waals surface area contributed by atoms with Crippen molar-refractivity contribution in [1.29, 1.82) is 0 Å². The third kappa shape index (κ3) is 3.23. The van der Waals surface area contributed by atoms with E-state index in [1.807, 2.05) is 0 Å². The van der Waals surface area contributed by atoms with Crippen LogP contribution in [0.4, 0.5) is 11.4 Å². The number of hydrogen-bond donors (Lipinski definition) is 2. The monoisotopic (exact) mass is 327 g/mol. The molecule has 0 radical (unpaired) electrons. The van der Waals surface area contributed by atoms with Crippen LogP contribution < -0.4 is 4.72 Å². The van der Waals surface area contributed by atoms with Crippen LogP contribution in [0.15, 0.2) is 31.8 Å². The smallest absolute Gasteiger partial charge is 0.242 e. The average Bonchev–Trinajstić information content (AvgIpc) is 2.93. The minimum absolute atomic E-state index is 0.171. The lowest BCUT2D eigenvalue weighted by Gasteiger charge is -2.25. The molecule has 2 aliphatic rings. The molecule has 1 aliphatic heterocycles. The highest BCUT2D eigenvalue weighted by Gasteiger charge is 2.25. The molecule has 0 bridgehead atoms. The number of fused-ring (bicyclic) bond motifs is 1. The summed E-state index contributed by atoms with van der Waals surface area (Å²) >= 11 is 1.00. The van der Waals surface area contributed by atoms with E-state index < -0.39 is 10.0 Å². The highest BCUT2D eigenvalue weighted by atomic mass is 32.2. The average molecular weight is 327 g/mol. The predicted molar refractivity (Wildman–Crippen MR) is 81.1 cm³/mol. The maximum Gasteiger partial charge on any atom is 0.242 e. The molecule has 1 aliphatic carbocycles. The van der Waals surface area contributed by atoms with E-state index in [9.17, 15) is 13.5 Å². The molecule has 0 amide bonds. The Hall–Kier alpha value is -1.09. The van der Waals surface area contributed by atoms with Crippen LogP contribution >= 0.6 is 0 Å². The molecule has 2 unspecified atom stereocenters. The number of sulfonamides is 1. The van der Waals surface area contributed by atoms with Gasteiger partial charge in [-0.1, -0.05) is 12.5 Å². The molecule has 1 aromatic carbocycles. The molecule has 0 spiro atoms. The number of nitrogens with zero attached hydrogens (tertiary/aromatic N) is 2. The number of nitrogens with one attached hydrogen (secondary N) is 1. The van der Waals surface area contributed by atoms with Crippen molar-refractivity contribution in [2.75, 3.05) is 6.54 Å². The fourth-order valence-corrected chi connectivity index (χ4v) is 4.63. The molecule has 8 heteroatoms. The SMILES string of the molecule is O=S(=O)(NCC1CCCC(O)C1)c1cccc2c1N=S=N2. The fraction of sp³-hybridized carbons (Fsp3) is 0.538. The summed E-state index contributed by atoms with van der Waals surface area (Å²) in [7, 11) is -3.60. The van der Waals surface area contributed by atoms with Crippen molar-refractivity contribution in [3.8, 4) is 0 Å². The third-order valence-corrected chi connectivity index (χ3v) is 5.85. The standard InChI is InChI=1S/C13H17N3O3S2/c17-10-4-1-3-9(7-10)8-14-21(18,19)12-6-2-5-11-13(12)16-20-15-11/h2,5-6,9-10,14,17H,1,3-4,7-8H2. The molecule has 1 heterocycles. The first kappa shape index (κ1) is 14.8. The van der Waals surface area contributed by atoms with Gasteiger partial charge < -0.3 is 5.11 Å². The van der Waals surface area contributed by atoms with Gasteiger partial charge in [-0.3, -0.25) is 0 Å². The van der Waals surface area contributed by atoms with Gasteiger partial charge in [0.25, 0.3) is 0 Å². The van der Waals surface area contributed by atoms with Gasteiger partial charge in [0, 0.05) is 6.54 Å². The first-order chi connectivity index (χ1) is 10.1. The van der Waals surface area contributed by atoms with E-state index in [0.717, 1.165) is 30.6 Å². The van der Waals surface area contributed by atoms with Gasteiger partial charge in [-0.15, -0.1) is 0 Å². The maximum absolute atomic E-state index is 12.4. The summed E-state index contributed by atoms with van der Waals surface area (Å²) in [6.07, 6.45) is 3.05. The van der Waals surface area contributed by atoms with Gasteiger partial charge in [-0.2, -0.15) is 8.73 Å². The second-order valence-corrected chi connectivity index (χ2v) is 7.69. The second kappa shape index (κ2) is 5.96. The van der Waals surface area contributed by atoms with Gasteiger partial charge in [0.15, 0.2) is 0 Å². The maximum atomic E-state index is 12.4. The van der Waals surface area contributed by atoms with E-state index in [2.05, 4.69) is 13.4 Å². The summed E-state index contributed by atoms with van der Waals surface area (Å²) in [6.45, 7) is 0.355. The van der Waals surface area contributed by atoms with Gasteiger partial charge in [0.2, 0.25) is 10.0 Å². The highest BCUT2D eigenvalue weighted by Crippen LogP contribution is 2.37. The summed E-state index contributed by atoms with van der Waals surface area (Å²) in [5.41, 5.74) is 1.01. The van der Waals surface area contributed by atoms with Crippen molar-refractivity contribution in [2.24, 2.45) is 14.6 Å². The Morgan fingerprint density at radius 1 is 1.33 bits per heavy atom. The largest absolute Gasteiger partial charge is 0.393 e. The Bertz CT molecular complexity index is 711. The summed E-state index contributed by atoms with van der Waals surface area (Å²) in [6, 6.07) is 4.96. The normalized spacial score (nSPS) is 24.6. The minimum atomic E-state index is -3.60. The zero-order chi connectivity index (χ0) is 14.9. The van der Waals surface area contributed by atoms with E-state index in [1.54, 1.807) is 18.2 Å². The first-order valence-electron chi connectivity index (χ1n) is 6.95. The molecule has 21 heavy (non-hydrogen) atoms. The molecule has 1 aromatic rings. The van der Waals surface area contributed by atoms with E-state index in [4.69, 9.17) is 0 Å². The summed E-state index contributed by atoms with van der Waals surface area (Å²) in [4.78, 5) is 0.171. The van der Waals surface area contributed by atoms with Crippen LogP contribution in [0.25, 0.3) is 0 Å². The zero-order valence-electron chi connectivity index (χ0n) is 11.4. The summed E-state index contributed by atoms with van der Waals surface area (Å²) in [5, 5.41) is 9.65. The molecular weight excluding hydrogens is 310 g/mol. The molecule has 1 saturated carbocycles. The van der Waals surface area contributed by atoms with Crippen LogP contribution in [0.3, 0.4) is 0 Å². The quantitative estimate of drug-likeness (QED) is 0.902. The van der Waals surface area contributed by atoms with Gasteiger partial charge in [-0.25, -0.2) is 13.1 Å². The van der Waals surface area contributed by atoms with Gasteiger partial charge in [0.05, 0.1) is 17.5 Å². The van der Waals surface area contributed by atoms with E-state index in [-0.39, 0.29) is 16.9 Å². The van der Waals surface area contributed by atoms with Crippen molar-refractivity contribution in [2.45, 2.75) is 36.7 Å². The van der Waals surface area contributed by atoms with E-state index in [0.29, 0.717) is 24.3 Å².